The van der Waals surface area contributed by atoms with Crippen LogP contribution in [0, 0.1) is 0 Å². The summed E-state index contributed by atoms with van der Waals surface area (Å²) in [6.45, 7) is 0. The van der Waals surface area contributed by atoms with Gasteiger partial charge >= 0.3 is 5.95 Å². The molecule has 0 unspecified atom stereocenters. The minimum absolute atomic E-state index is 0.187. The molecule has 34 heavy (non-hydrogen) atoms. The predicted molar refractivity (Wildman–Crippen MR) is 135 cm³/mol. The molecule has 0 spiro atoms. The van der Waals surface area contributed by atoms with Crippen molar-refractivity contribution in [2.24, 2.45) is 15.2 Å². The first-order chi connectivity index (χ1) is 16.7. The van der Waals surface area contributed by atoms with Crippen molar-refractivity contribution in [3.63, 3.8) is 0 Å². The predicted octanol–water partition coefficient (Wildman–Crippen LogP) is 8.38. The van der Waals surface area contributed by atoms with E-state index in [0.717, 1.165) is 27.7 Å². The van der Waals surface area contributed by atoms with Crippen molar-refractivity contribution < 1.29 is 9.52 Å². The zero-order chi connectivity index (χ0) is 23.1. The lowest BCUT2D eigenvalue weighted by molar-refractivity contribution is 0.339. The van der Waals surface area contributed by atoms with Crippen LogP contribution in [0.25, 0.3) is 22.1 Å². The van der Waals surface area contributed by atoms with E-state index in [9.17, 15) is 5.11 Å². The van der Waals surface area contributed by atoms with Crippen LogP contribution >= 0.6 is 11.6 Å². The maximum Gasteiger partial charge on any atom is 0.312 e. The van der Waals surface area contributed by atoms with Gasteiger partial charge in [0.1, 0.15) is 5.84 Å². The van der Waals surface area contributed by atoms with Crippen molar-refractivity contribution in [1.82, 2.24) is 0 Å². The molecular formula is C27H17ClN4O2. The van der Waals surface area contributed by atoms with Gasteiger partial charge in [0.05, 0.1) is 16.9 Å². The van der Waals surface area contributed by atoms with E-state index in [4.69, 9.17) is 21.0 Å². The summed E-state index contributed by atoms with van der Waals surface area (Å²) in [6.07, 6.45) is 0. The van der Waals surface area contributed by atoms with Gasteiger partial charge in [-0.05, 0) is 41.8 Å². The Morgan fingerprint density at radius 2 is 1.59 bits per heavy atom. The molecule has 0 bridgehead atoms. The van der Waals surface area contributed by atoms with E-state index in [-0.39, 0.29) is 11.6 Å². The van der Waals surface area contributed by atoms with E-state index in [0.29, 0.717) is 27.9 Å². The normalized spacial score (nSPS) is 12.7. The van der Waals surface area contributed by atoms with Crippen LogP contribution in [-0.4, -0.2) is 10.9 Å². The summed E-state index contributed by atoms with van der Waals surface area (Å²) in [5.41, 5.74) is 3.81. The second-order valence-corrected chi connectivity index (χ2v) is 8.21. The highest BCUT2D eigenvalue weighted by Crippen LogP contribution is 2.45. The standard InChI is InChI=1S/C27H17ClN4O2/c28-18-12-14-19(15-13-18)31-32-24-23(25(34-27(24)33)17-6-2-1-3-7-17)26-29-20-10-4-8-16-9-5-11-21(30-26)22(16)20/h1-15,33H,(H,29,30). The summed E-state index contributed by atoms with van der Waals surface area (Å²) in [6, 6.07) is 28.5. The van der Waals surface area contributed by atoms with Crippen LogP contribution in [0.4, 0.5) is 22.7 Å². The number of nitrogens with zero attached hydrogens (tertiary/aromatic N) is 3. The van der Waals surface area contributed by atoms with Crippen molar-refractivity contribution in [3.05, 3.63) is 102 Å². The van der Waals surface area contributed by atoms with E-state index in [1.165, 1.54) is 0 Å². The van der Waals surface area contributed by atoms with Crippen molar-refractivity contribution in [2.75, 3.05) is 5.32 Å². The summed E-state index contributed by atoms with van der Waals surface area (Å²) >= 11 is 5.98. The number of rotatable bonds is 4. The molecule has 7 heteroatoms. The Morgan fingerprint density at radius 3 is 2.38 bits per heavy atom. The summed E-state index contributed by atoms with van der Waals surface area (Å²) in [5, 5.41) is 25.5. The van der Waals surface area contributed by atoms with Crippen LogP contribution < -0.4 is 5.32 Å². The summed E-state index contributed by atoms with van der Waals surface area (Å²) in [4.78, 5) is 4.88. The van der Waals surface area contributed by atoms with Crippen LogP contribution in [0.2, 0.25) is 5.02 Å². The third-order valence-corrected chi connectivity index (χ3v) is 5.85. The monoisotopic (exact) mass is 464 g/mol. The molecule has 0 fully saturated rings. The SMILES string of the molecule is Oc1oc(-c2ccccc2)c(C2=Nc3cccc4cccc(c34)N2)c1N=Nc1ccc(Cl)cc1. The second kappa shape index (κ2) is 8.17. The molecule has 0 amide bonds. The number of furan rings is 1. The molecule has 1 aliphatic rings. The fraction of sp³-hybridized carbons (Fsp3) is 0. The largest absolute Gasteiger partial charge is 0.479 e. The summed E-state index contributed by atoms with van der Waals surface area (Å²) in [7, 11) is 0. The highest BCUT2D eigenvalue weighted by atomic mass is 35.5. The molecule has 1 aromatic heterocycles. The zero-order valence-corrected chi connectivity index (χ0v) is 18.5. The first kappa shape index (κ1) is 20.2. The van der Waals surface area contributed by atoms with E-state index in [1.807, 2.05) is 54.6 Å². The maximum atomic E-state index is 10.7. The molecule has 6 rings (SSSR count). The quantitative estimate of drug-likeness (QED) is 0.262. The Morgan fingerprint density at radius 1 is 0.824 bits per heavy atom. The van der Waals surface area contributed by atoms with Crippen LogP contribution in [0.3, 0.4) is 0 Å². The fourth-order valence-electron chi connectivity index (χ4n) is 4.04. The highest BCUT2D eigenvalue weighted by molar-refractivity contribution is 6.30. The van der Waals surface area contributed by atoms with E-state index in [1.54, 1.807) is 24.3 Å². The molecule has 0 saturated carbocycles. The van der Waals surface area contributed by atoms with Crippen molar-refractivity contribution in [2.45, 2.75) is 0 Å². The van der Waals surface area contributed by atoms with E-state index < -0.39 is 0 Å². The number of hydrogen-bond acceptors (Lipinski definition) is 6. The number of benzene rings is 4. The molecule has 2 N–H and O–H groups in total. The first-order valence-electron chi connectivity index (χ1n) is 10.6. The van der Waals surface area contributed by atoms with Gasteiger partial charge in [0.2, 0.25) is 0 Å². The molecule has 0 radical (unpaired) electrons. The maximum absolute atomic E-state index is 10.7. The average Bonchev–Trinajstić information content (AvgIpc) is 3.20. The lowest BCUT2D eigenvalue weighted by Crippen LogP contribution is -2.16. The molecule has 164 valence electrons. The number of anilines is 1. The number of hydrogen-bond donors (Lipinski definition) is 2. The Balaban J connectivity index is 1.55. The molecule has 5 aromatic rings. The van der Waals surface area contributed by atoms with Gasteiger partial charge in [-0.15, -0.1) is 5.11 Å². The number of nitrogens with one attached hydrogen (secondary N) is 1. The van der Waals surface area contributed by atoms with Crippen LogP contribution in [0.5, 0.6) is 5.95 Å². The number of amidine groups is 1. The van der Waals surface area contributed by atoms with Gasteiger partial charge in [0.15, 0.2) is 11.4 Å². The average molecular weight is 465 g/mol. The van der Waals surface area contributed by atoms with E-state index in [2.05, 4.69) is 27.7 Å². The van der Waals surface area contributed by atoms with Gasteiger partial charge in [-0.25, -0.2) is 4.99 Å². The van der Waals surface area contributed by atoms with Gasteiger partial charge in [0.25, 0.3) is 0 Å². The Hall–Kier alpha value is -4.42. The molecule has 0 saturated heterocycles. The zero-order valence-electron chi connectivity index (χ0n) is 17.7. The first-order valence-corrected chi connectivity index (χ1v) is 11.0. The number of aromatic hydroxyl groups is 1. The van der Waals surface area contributed by atoms with Crippen molar-refractivity contribution >= 4 is 51.0 Å². The van der Waals surface area contributed by atoms with Crippen LogP contribution in [0.15, 0.2) is 111 Å². The van der Waals surface area contributed by atoms with Crippen LogP contribution in [-0.2, 0) is 0 Å². The topological polar surface area (TPSA) is 82.5 Å². The molecule has 1 aliphatic heterocycles. The fourth-order valence-corrected chi connectivity index (χ4v) is 4.17. The summed E-state index contributed by atoms with van der Waals surface area (Å²) in [5.74, 6) is 0.619. The lowest BCUT2D eigenvalue weighted by atomic mass is 10.0. The lowest BCUT2D eigenvalue weighted by Gasteiger charge is -2.19. The van der Waals surface area contributed by atoms with E-state index >= 15 is 0 Å². The molecule has 6 nitrogen and oxygen atoms in total. The Labute approximate surface area is 199 Å². The molecule has 2 heterocycles. The van der Waals surface area contributed by atoms with Crippen LogP contribution in [0.1, 0.15) is 5.56 Å². The van der Waals surface area contributed by atoms with Gasteiger partial charge < -0.3 is 14.8 Å². The molecule has 0 atom stereocenters. The molecular weight excluding hydrogens is 448 g/mol. The smallest absolute Gasteiger partial charge is 0.312 e. The Bertz CT molecular complexity index is 1580. The third kappa shape index (κ3) is 3.50. The van der Waals surface area contributed by atoms with Crippen molar-refractivity contribution in [3.8, 4) is 17.3 Å². The molecule has 4 aromatic carbocycles. The number of halogens is 1. The third-order valence-electron chi connectivity index (χ3n) is 5.60. The highest BCUT2D eigenvalue weighted by Gasteiger charge is 2.28. The van der Waals surface area contributed by atoms with Gasteiger partial charge in [-0.2, -0.15) is 5.11 Å². The van der Waals surface area contributed by atoms with Gasteiger partial charge in [-0.1, -0.05) is 66.2 Å². The van der Waals surface area contributed by atoms with Crippen molar-refractivity contribution in [1.29, 1.82) is 0 Å². The van der Waals surface area contributed by atoms with Gasteiger partial charge in [-0.3, -0.25) is 0 Å². The summed E-state index contributed by atoms with van der Waals surface area (Å²) < 4.78 is 5.81. The minimum atomic E-state index is -0.340. The molecule has 0 aliphatic carbocycles. The number of azo groups is 1. The number of aliphatic imine (C=N–C) groups is 1. The Kier molecular flexibility index (Phi) is 4.86. The second-order valence-electron chi connectivity index (χ2n) is 7.77. The van der Waals surface area contributed by atoms with Gasteiger partial charge in [0, 0.05) is 21.7 Å². The minimum Gasteiger partial charge on any atom is -0.479 e.